The average Bonchev–Trinajstić information content (AvgIpc) is 3.03. The molecule has 3 atom stereocenters. The number of amides is 1. The Kier molecular flexibility index (Phi) is 6.38. The molecule has 1 saturated carbocycles. The number of halogens is 2. The summed E-state index contributed by atoms with van der Waals surface area (Å²) in [5.74, 6) is 0.820. The molecule has 3 N–H and O–H groups in total. The first-order chi connectivity index (χ1) is 16.5. The predicted molar refractivity (Wildman–Crippen MR) is 127 cm³/mol. The van der Waals surface area contributed by atoms with Gasteiger partial charge in [-0.15, -0.1) is 0 Å². The Morgan fingerprint density at radius 1 is 1.18 bits per heavy atom. The van der Waals surface area contributed by atoms with Crippen LogP contribution in [0.25, 0.3) is 10.9 Å². The highest BCUT2D eigenvalue weighted by molar-refractivity contribution is 6.31. The number of ether oxygens (including phenoxy) is 2. The van der Waals surface area contributed by atoms with E-state index in [4.69, 9.17) is 21.1 Å². The molecule has 0 radical (unpaired) electrons. The van der Waals surface area contributed by atoms with Gasteiger partial charge in [0.25, 0.3) is 0 Å². The highest BCUT2D eigenvalue weighted by Crippen LogP contribution is 2.38. The highest BCUT2D eigenvalue weighted by atomic mass is 35.5. The van der Waals surface area contributed by atoms with E-state index in [-0.39, 0.29) is 34.7 Å². The summed E-state index contributed by atoms with van der Waals surface area (Å²) in [6, 6.07) is 8.44. The standard InChI is InChI=1S/C24H25ClFN5O3/c1-33-20-11-19-14(23(30-12-29-19)31-18-4-2-3-16(25)22(18)26)10-21(20)34-13-5-6-17-15(9-13)24(32)28-8-7-27-17/h2-4,10-13,15,17,27H,5-9H2,1H3,(H,28,32)(H,29,30,31)/t13-,15?,17-/m0/s1. The van der Waals surface area contributed by atoms with Crippen molar-refractivity contribution in [3.05, 3.63) is 47.5 Å². The second-order valence-corrected chi connectivity index (χ2v) is 8.89. The first-order valence-corrected chi connectivity index (χ1v) is 11.6. The third-order valence-electron chi connectivity index (χ3n) is 6.39. The quantitative estimate of drug-likeness (QED) is 0.505. The first-order valence-electron chi connectivity index (χ1n) is 11.2. The van der Waals surface area contributed by atoms with E-state index in [0.717, 1.165) is 19.4 Å². The Balaban J connectivity index is 1.44. The summed E-state index contributed by atoms with van der Waals surface area (Å²) < 4.78 is 26.4. The summed E-state index contributed by atoms with van der Waals surface area (Å²) in [5.41, 5.74) is 0.816. The normalized spacial score (nSPS) is 22.4. The Morgan fingerprint density at radius 3 is 2.91 bits per heavy atom. The molecule has 1 saturated heterocycles. The van der Waals surface area contributed by atoms with E-state index in [2.05, 4.69) is 25.9 Å². The lowest BCUT2D eigenvalue weighted by atomic mass is 9.82. The van der Waals surface area contributed by atoms with Crippen molar-refractivity contribution < 1.29 is 18.7 Å². The van der Waals surface area contributed by atoms with Gasteiger partial charge in [-0.05, 0) is 37.5 Å². The maximum absolute atomic E-state index is 14.5. The molecule has 0 spiro atoms. The Bertz CT molecular complexity index is 1230. The summed E-state index contributed by atoms with van der Waals surface area (Å²) in [6.45, 7) is 1.42. The molecule has 1 aromatic heterocycles. The van der Waals surface area contributed by atoms with Crippen LogP contribution in [0.2, 0.25) is 5.02 Å². The molecule has 34 heavy (non-hydrogen) atoms. The molecule has 2 heterocycles. The maximum atomic E-state index is 14.5. The van der Waals surface area contributed by atoms with Crippen LogP contribution in [0.3, 0.4) is 0 Å². The Morgan fingerprint density at radius 2 is 2.06 bits per heavy atom. The topological polar surface area (TPSA) is 97.4 Å². The molecule has 1 aliphatic carbocycles. The van der Waals surface area contributed by atoms with Crippen LogP contribution < -0.4 is 25.4 Å². The fourth-order valence-corrected chi connectivity index (χ4v) is 4.84. The second-order valence-electron chi connectivity index (χ2n) is 8.48. The highest BCUT2D eigenvalue weighted by Gasteiger charge is 2.37. The molecule has 2 aliphatic rings. The van der Waals surface area contributed by atoms with E-state index in [0.29, 0.717) is 41.2 Å². The number of aromatic nitrogens is 2. The number of anilines is 2. The van der Waals surface area contributed by atoms with Crippen molar-refractivity contribution in [1.82, 2.24) is 20.6 Å². The lowest BCUT2D eigenvalue weighted by molar-refractivity contribution is -0.127. The van der Waals surface area contributed by atoms with Crippen molar-refractivity contribution in [3.8, 4) is 11.5 Å². The zero-order valence-electron chi connectivity index (χ0n) is 18.6. The molecule has 5 rings (SSSR count). The van der Waals surface area contributed by atoms with Gasteiger partial charge in [0, 0.05) is 30.6 Å². The van der Waals surface area contributed by atoms with Crippen LogP contribution >= 0.6 is 11.6 Å². The predicted octanol–water partition coefficient (Wildman–Crippen LogP) is 3.81. The molecular weight excluding hydrogens is 461 g/mol. The number of hydrogen-bond donors (Lipinski definition) is 3. The summed E-state index contributed by atoms with van der Waals surface area (Å²) in [6.07, 6.45) is 3.51. The van der Waals surface area contributed by atoms with Crippen molar-refractivity contribution in [3.63, 3.8) is 0 Å². The Labute approximate surface area is 201 Å². The van der Waals surface area contributed by atoms with Crippen LogP contribution in [0, 0.1) is 11.7 Å². The lowest BCUT2D eigenvalue weighted by Crippen LogP contribution is -2.46. The van der Waals surface area contributed by atoms with E-state index in [1.54, 1.807) is 31.4 Å². The number of fused-ring (bicyclic) bond motifs is 2. The molecule has 1 aliphatic heterocycles. The van der Waals surface area contributed by atoms with E-state index in [1.165, 1.54) is 12.4 Å². The van der Waals surface area contributed by atoms with Gasteiger partial charge < -0.3 is 25.4 Å². The summed E-state index contributed by atoms with van der Waals surface area (Å²) >= 11 is 5.92. The van der Waals surface area contributed by atoms with Crippen LogP contribution in [0.5, 0.6) is 11.5 Å². The van der Waals surface area contributed by atoms with Crippen molar-refractivity contribution in [2.45, 2.75) is 31.4 Å². The van der Waals surface area contributed by atoms with E-state index in [9.17, 15) is 9.18 Å². The number of hydrogen-bond acceptors (Lipinski definition) is 7. The van der Waals surface area contributed by atoms with Crippen LogP contribution in [-0.2, 0) is 4.79 Å². The number of nitrogens with one attached hydrogen (secondary N) is 3. The van der Waals surface area contributed by atoms with Crippen LogP contribution in [0.4, 0.5) is 15.9 Å². The van der Waals surface area contributed by atoms with Gasteiger partial charge in [-0.3, -0.25) is 4.79 Å². The van der Waals surface area contributed by atoms with Crippen molar-refractivity contribution in [1.29, 1.82) is 0 Å². The van der Waals surface area contributed by atoms with Crippen LogP contribution in [0.15, 0.2) is 36.7 Å². The van der Waals surface area contributed by atoms with Gasteiger partial charge in [0.2, 0.25) is 5.91 Å². The molecule has 10 heteroatoms. The number of carbonyl (C=O) groups excluding carboxylic acids is 1. The van der Waals surface area contributed by atoms with Gasteiger partial charge >= 0.3 is 0 Å². The molecule has 8 nitrogen and oxygen atoms in total. The number of carbonyl (C=O) groups is 1. The van der Waals surface area contributed by atoms with Crippen molar-refractivity contribution in [2.24, 2.45) is 5.92 Å². The van der Waals surface area contributed by atoms with Crippen molar-refractivity contribution >= 4 is 39.9 Å². The number of rotatable bonds is 5. The van der Waals surface area contributed by atoms with Gasteiger partial charge in [-0.25, -0.2) is 14.4 Å². The van der Waals surface area contributed by atoms with Crippen LogP contribution in [-0.4, -0.2) is 48.2 Å². The van der Waals surface area contributed by atoms with E-state index < -0.39 is 5.82 Å². The van der Waals surface area contributed by atoms with Crippen molar-refractivity contribution in [2.75, 3.05) is 25.5 Å². The molecule has 1 unspecified atom stereocenters. The zero-order valence-corrected chi connectivity index (χ0v) is 19.4. The van der Waals surface area contributed by atoms with Crippen LogP contribution in [0.1, 0.15) is 19.3 Å². The molecular formula is C24H25ClFN5O3. The number of methoxy groups -OCH3 is 1. The lowest BCUT2D eigenvalue weighted by Gasteiger charge is -2.34. The van der Waals surface area contributed by atoms with E-state index in [1.807, 2.05) is 0 Å². The zero-order chi connectivity index (χ0) is 23.7. The van der Waals surface area contributed by atoms with Gasteiger partial charge in [0.05, 0.1) is 35.4 Å². The Hall–Kier alpha value is -3.17. The minimum atomic E-state index is -0.562. The molecule has 2 fully saturated rings. The second kappa shape index (κ2) is 9.60. The minimum absolute atomic E-state index is 0.0155. The fourth-order valence-electron chi connectivity index (χ4n) is 4.67. The molecule has 2 aromatic carbocycles. The third kappa shape index (κ3) is 4.45. The monoisotopic (exact) mass is 485 g/mol. The molecule has 178 valence electrons. The molecule has 3 aromatic rings. The SMILES string of the molecule is COc1cc2ncnc(Nc3cccc(Cl)c3F)c2cc1O[C@H]1CC[C@@H]2NCCNC(=O)C2C1. The smallest absolute Gasteiger partial charge is 0.224 e. The number of benzene rings is 2. The first kappa shape index (κ1) is 22.6. The van der Waals surface area contributed by atoms with E-state index >= 15 is 0 Å². The van der Waals surface area contributed by atoms with Gasteiger partial charge in [0.15, 0.2) is 17.3 Å². The van der Waals surface area contributed by atoms with Gasteiger partial charge in [-0.1, -0.05) is 17.7 Å². The summed E-state index contributed by atoms with van der Waals surface area (Å²) in [4.78, 5) is 21.1. The van der Waals surface area contributed by atoms with Gasteiger partial charge in [-0.2, -0.15) is 0 Å². The molecule has 0 bridgehead atoms. The van der Waals surface area contributed by atoms with Gasteiger partial charge in [0.1, 0.15) is 12.1 Å². The summed E-state index contributed by atoms with van der Waals surface area (Å²) in [7, 11) is 1.56. The fraction of sp³-hybridized carbons (Fsp3) is 0.375. The average molecular weight is 486 g/mol. The number of nitrogens with zero attached hydrogens (tertiary/aromatic N) is 2. The minimum Gasteiger partial charge on any atom is -0.493 e. The summed E-state index contributed by atoms with van der Waals surface area (Å²) in [5, 5.41) is 10.1. The third-order valence-corrected chi connectivity index (χ3v) is 6.68. The molecule has 1 amide bonds. The maximum Gasteiger partial charge on any atom is 0.224 e. The largest absolute Gasteiger partial charge is 0.493 e.